The smallest absolute Gasteiger partial charge is 0.242 e. The Morgan fingerprint density at radius 3 is 2.43 bits per heavy atom. The maximum atomic E-state index is 13.8. The summed E-state index contributed by atoms with van der Waals surface area (Å²) in [4.78, 5) is 43.7. The first-order chi connectivity index (χ1) is 21.2. The van der Waals surface area contributed by atoms with Crippen molar-refractivity contribution in [2.24, 2.45) is 5.92 Å². The fourth-order valence-corrected chi connectivity index (χ4v) is 5.70. The Balaban J connectivity index is 1.76. The van der Waals surface area contributed by atoms with Crippen LogP contribution in [0.2, 0.25) is 0 Å². The van der Waals surface area contributed by atoms with Crippen molar-refractivity contribution in [3.63, 3.8) is 0 Å². The van der Waals surface area contributed by atoms with Gasteiger partial charge in [-0.05, 0) is 72.2 Å². The lowest BCUT2D eigenvalue weighted by molar-refractivity contribution is -0.122. The van der Waals surface area contributed by atoms with Crippen LogP contribution in [-0.4, -0.2) is 50.7 Å². The van der Waals surface area contributed by atoms with Gasteiger partial charge in [-0.2, -0.15) is 0 Å². The van der Waals surface area contributed by atoms with Gasteiger partial charge in [-0.15, -0.1) is 0 Å². The lowest BCUT2D eigenvalue weighted by Crippen LogP contribution is -2.42. The van der Waals surface area contributed by atoms with Crippen molar-refractivity contribution >= 4 is 17.5 Å². The molecule has 0 spiro atoms. The molecule has 1 aliphatic rings. The summed E-state index contributed by atoms with van der Waals surface area (Å²) < 4.78 is 17.1. The minimum absolute atomic E-state index is 0.193. The molecule has 0 saturated carbocycles. The molecule has 0 unspecified atom stereocenters. The summed E-state index contributed by atoms with van der Waals surface area (Å²) in [6, 6.07) is 11.6. The molecule has 1 aliphatic carbocycles. The quantitative estimate of drug-likeness (QED) is 0.278. The summed E-state index contributed by atoms with van der Waals surface area (Å²) in [6.45, 7) is 5.95. The molecule has 4 rings (SSSR count). The number of fused-ring (bicyclic) bond motifs is 3. The van der Waals surface area contributed by atoms with Crippen LogP contribution < -0.4 is 35.6 Å². The van der Waals surface area contributed by atoms with E-state index in [0.717, 1.165) is 22.4 Å². The third-order valence-corrected chi connectivity index (χ3v) is 7.68. The predicted octanol–water partition coefficient (Wildman–Crippen LogP) is 4.44. The van der Waals surface area contributed by atoms with E-state index in [9.17, 15) is 14.4 Å². The minimum atomic E-state index is -0.633. The van der Waals surface area contributed by atoms with Crippen molar-refractivity contribution in [2.75, 3.05) is 33.2 Å². The average molecular weight is 603 g/mol. The van der Waals surface area contributed by atoms with E-state index in [4.69, 9.17) is 14.2 Å². The molecule has 0 radical (unpaired) electrons. The first-order valence-corrected chi connectivity index (χ1v) is 14.9. The maximum absolute atomic E-state index is 13.8. The van der Waals surface area contributed by atoms with Gasteiger partial charge in [0.15, 0.2) is 11.5 Å². The highest BCUT2D eigenvalue weighted by Gasteiger charge is 2.30. The van der Waals surface area contributed by atoms with Crippen molar-refractivity contribution in [3.8, 4) is 28.4 Å². The van der Waals surface area contributed by atoms with Crippen molar-refractivity contribution in [2.45, 2.75) is 58.5 Å². The van der Waals surface area contributed by atoms with Crippen LogP contribution in [0.25, 0.3) is 11.1 Å². The highest BCUT2D eigenvalue weighted by Crippen LogP contribution is 2.50. The Labute approximate surface area is 258 Å². The predicted molar refractivity (Wildman–Crippen MR) is 170 cm³/mol. The molecule has 2 amide bonds. The average Bonchev–Trinajstić information content (AvgIpc) is 3.24. The number of pyridine rings is 1. The molecular formula is C34H42N4O6. The number of benzene rings is 1. The van der Waals surface area contributed by atoms with Gasteiger partial charge in [0.2, 0.25) is 23.0 Å². The van der Waals surface area contributed by atoms with Crippen LogP contribution in [0.15, 0.2) is 53.5 Å². The third kappa shape index (κ3) is 7.48. The van der Waals surface area contributed by atoms with Gasteiger partial charge in [0.1, 0.15) is 6.04 Å². The number of nitrogens with zero attached hydrogens (tertiary/aromatic N) is 1. The lowest BCUT2D eigenvalue weighted by atomic mass is 9.95. The molecule has 2 aromatic carbocycles. The molecule has 0 bridgehead atoms. The lowest BCUT2D eigenvalue weighted by Gasteiger charge is -2.20. The number of rotatable bonds is 12. The largest absolute Gasteiger partial charge is 0.493 e. The summed E-state index contributed by atoms with van der Waals surface area (Å²) in [7, 11) is 4.67. The van der Waals surface area contributed by atoms with Gasteiger partial charge in [-0.3, -0.25) is 19.4 Å². The van der Waals surface area contributed by atoms with Gasteiger partial charge in [0.25, 0.3) is 0 Å². The second-order valence-electron chi connectivity index (χ2n) is 11.3. The Bertz CT molecular complexity index is 1540. The summed E-state index contributed by atoms with van der Waals surface area (Å²) in [5.74, 6) is 1.24. The second-order valence-corrected chi connectivity index (χ2v) is 11.3. The number of amides is 2. The number of ether oxygens (including phenoxy) is 3. The molecule has 1 heterocycles. The Kier molecular flexibility index (Phi) is 10.8. The number of aryl methyl sites for hydroxylation is 1. The number of nitrogens with one attached hydrogen (secondary N) is 3. The van der Waals surface area contributed by atoms with Gasteiger partial charge in [0, 0.05) is 37.3 Å². The molecule has 2 atom stereocenters. The molecule has 3 aromatic rings. The van der Waals surface area contributed by atoms with E-state index in [2.05, 4.69) is 20.9 Å². The van der Waals surface area contributed by atoms with Gasteiger partial charge in [-0.1, -0.05) is 26.0 Å². The highest BCUT2D eigenvalue weighted by molar-refractivity contribution is 5.86. The Hall–Kier alpha value is -4.60. The topological polar surface area (TPSA) is 128 Å². The number of methoxy groups -OCH3 is 3. The minimum Gasteiger partial charge on any atom is -0.493 e. The molecule has 0 aliphatic heterocycles. The molecule has 10 heteroatoms. The van der Waals surface area contributed by atoms with Crippen molar-refractivity contribution in [1.82, 2.24) is 15.6 Å². The highest BCUT2D eigenvalue weighted by atomic mass is 16.5. The van der Waals surface area contributed by atoms with Crippen LogP contribution in [0.3, 0.4) is 0 Å². The number of hydrogen-bond acceptors (Lipinski definition) is 8. The number of hydrogen-bond donors (Lipinski definition) is 3. The van der Waals surface area contributed by atoms with Crippen molar-refractivity contribution in [1.29, 1.82) is 0 Å². The van der Waals surface area contributed by atoms with E-state index in [1.165, 1.54) is 6.92 Å². The normalized spacial score (nSPS) is 14.4. The van der Waals surface area contributed by atoms with Crippen molar-refractivity contribution in [3.05, 3.63) is 75.7 Å². The molecule has 0 saturated heterocycles. The van der Waals surface area contributed by atoms with Crippen LogP contribution in [0.4, 0.5) is 5.69 Å². The van der Waals surface area contributed by atoms with Crippen LogP contribution in [0.1, 0.15) is 56.5 Å². The Morgan fingerprint density at radius 1 is 1.02 bits per heavy atom. The zero-order valence-corrected chi connectivity index (χ0v) is 26.3. The van der Waals surface area contributed by atoms with Crippen LogP contribution in [0.5, 0.6) is 17.2 Å². The SMILES string of the molecule is COc1cc2c(c(OC)c1OC)-c1ccc(N[C@H](CC(C)C)C(=O)NCCc3ccccn3)c(=O)cc1[C@H](NC(C)=O)CC2. The molecule has 1 aromatic heterocycles. The van der Waals surface area contributed by atoms with Crippen LogP contribution in [0, 0.1) is 5.92 Å². The zero-order valence-electron chi connectivity index (χ0n) is 26.3. The fraction of sp³-hybridized carbons (Fsp3) is 0.412. The van der Waals surface area contributed by atoms with E-state index in [0.29, 0.717) is 55.0 Å². The third-order valence-electron chi connectivity index (χ3n) is 7.68. The number of aromatic nitrogens is 1. The zero-order chi connectivity index (χ0) is 31.8. The fourth-order valence-electron chi connectivity index (χ4n) is 5.70. The Morgan fingerprint density at radius 2 is 1.80 bits per heavy atom. The first-order valence-electron chi connectivity index (χ1n) is 14.9. The number of anilines is 1. The number of carbonyl (C=O) groups is 2. The molecule has 0 fully saturated rings. The summed E-state index contributed by atoms with van der Waals surface area (Å²) >= 11 is 0. The summed E-state index contributed by atoms with van der Waals surface area (Å²) in [6.07, 6.45) is 4.00. The standard InChI is InChI=1S/C34H42N4O6/c1-20(2)17-28(34(41)36-16-14-23-9-7-8-15-35-23)38-27-13-11-24-25(19-29(27)40)26(37-21(3)39)12-10-22-18-30(42-4)32(43-5)33(44-6)31(22)24/h7-9,11,13,15,18-20,26,28H,10,12,14,16-17H2,1-6H3,(H,36,41)(H,37,39)(H,38,40)/t26-,28-/m1/s1. The summed E-state index contributed by atoms with van der Waals surface area (Å²) in [5.41, 5.74) is 3.96. The monoisotopic (exact) mass is 602 g/mol. The second kappa shape index (κ2) is 14.7. The molecule has 10 nitrogen and oxygen atoms in total. The van der Waals surface area contributed by atoms with Crippen molar-refractivity contribution < 1.29 is 23.8 Å². The number of carbonyl (C=O) groups excluding carboxylic acids is 2. The first kappa shape index (κ1) is 32.3. The van der Waals surface area contributed by atoms with Gasteiger partial charge >= 0.3 is 0 Å². The van der Waals surface area contributed by atoms with E-state index in [1.807, 2.05) is 44.2 Å². The van der Waals surface area contributed by atoms with Gasteiger partial charge in [0.05, 0.1) is 33.1 Å². The van der Waals surface area contributed by atoms with E-state index in [1.54, 1.807) is 39.7 Å². The van der Waals surface area contributed by atoms with E-state index >= 15 is 0 Å². The van der Waals surface area contributed by atoms with E-state index < -0.39 is 12.1 Å². The molecule has 234 valence electrons. The van der Waals surface area contributed by atoms with Crippen LogP contribution in [-0.2, 0) is 22.4 Å². The molecule has 3 N–H and O–H groups in total. The van der Waals surface area contributed by atoms with E-state index in [-0.39, 0.29) is 28.8 Å². The summed E-state index contributed by atoms with van der Waals surface area (Å²) in [5, 5.41) is 9.24. The molecule has 44 heavy (non-hydrogen) atoms. The van der Waals surface area contributed by atoms with Crippen LogP contribution >= 0.6 is 0 Å². The maximum Gasteiger partial charge on any atom is 0.242 e. The van der Waals surface area contributed by atoms with Gasteiger partial charge < -0.3 is 30.2 Å². The molecular weight excluding hydrogens is 560 g/mol. The van der Waals surface area contributed by atoms with Gasteiger partial charge in [-0.25, -0.2) is 0 Å².